The van der Waals surface area contributed by atoms with Crippen molar-refractivity contribution in [3.8, 4) is 5.69 Å². The SMILES string of the molecule is O=C(O)c1cc2ncn(-c3cccc(C(=O)O)c3C(=O)O)c2cc1C(=O)O. The molecule has 0 amide bonds. The molecule has 3 aromatic rings. The third-order valence-electron chi connectivity index (χ3n) is 3.89. The second-order valence-electron chi connectivity index (χ2n) is 5.42. The first-order valence-corrected chi connectivity index (χ1v) is 7.30. The lowest BCUT2D eigenvalue weighted by Crippen LogP contribution is -2.13. The Hall–Kier alpha value is -4.21. The summed E-state index contributed by atoms with van der Waals surface area (Å²) < 4.78 is 1.20. The van der Waals surface area contributed by atoms with E-state index in [0.717, 1.165) is 24.5 Å². The van der Waals surface area contributed by atoms with Gasteiger partial charge < -0.3 is 20.4 Å². The highest BCUT2D eigenvalue weighted by Crippen LogP contribution is 2.26. The molecule has 27 heavy (non-hydrogen) atoms. The summed E-state index contributed by atoms with van der Waals surface area (Å²) in [5, 5.41) is 37.1. The molecule has 0 aliphatic heterocycles. The van der Waals surface area contributed by atoms with Crippen molar-refractivity contribution in [1.82, 2.24) is 9.55 Å². The van der Waals surface area contributed by atoms with Crippen molar-refractivity contribution >= 4 is 34.9 Å². The van der Waals surface area contributed by atoms with Gasteiger partial charge in [0.25, 0.3) is 0 Å². The van der Waals surface area contributed by atoms with Crippen molar-refractivity contribution in [2.45, 2.75) is 0 Å². The summed E-state index contributed by atoms with van der Waals surface area (Å²) in [7, 11) is 0. The van der Waals surface area contributed by atoms with Gasteiger partial charge >= 0.3 is 23.9 Å². The first kappa shape index (κ1) is 17.6. The maximum Gasteiger partial charge on any atom is 0.338 e. The molecule has 0 unspecified atom stereocenters. The number of nitrogens with zero attached hydrogens (tertiary/aromatic N) is 2. The third kappa shape index (κ3) is 2.84. The molecule has 0 spiro atoms. The molecule has 3 rings (SSSR count). The predicted octanol–water partition coefficient (Wildman–Crippen LogP) is 1.82. The summed E-state index contributed by atoms with van der Waals surface area (Å²) in [5.41, 5.74) is -1.78. The van der Waals surface area contributed by atoms with Crippen LogP contribution in [0.4, 0.5) is 0 Å². The van der Waals surface area contributed by atoms with Crippen LogP contribution in [0.25, 0.3) is 16.7 Å². The number of fused-ring (bicyclic) bond motifs is 1. The monoisotopic (exact) mass is 370 g/mol. The molecule has 10 nitrogen and oxygen atoms in total. The Balaban J connectivity index is 2.37. The fourth-order valence-corrected chi connectivity index (χ4v) is 2.75. The van der Waals surface area contributed by atoms with E-state index in [2.05, 4.69) is 4.98 Å². The molecule has 0 fully saturated rings. The zero-order valence-corrected chi connectivity index (χ0v) is 13.3. The highest BCUT2D eigenvalue weighted by atomic mass is 16.4. The summed E-state index contributed by atoms with van der Waals surface area (Å²) in [6.07, 6.45) is 1.16. The summed E-state index contributed by atoms with van der Waals surface area (Å²) in [4.78, 5) is 49.6. The molecule has 10 heteroatoms. The molecule has 2 aromatic carbocycles. The van der Waals surface area contributed by atoms with Crippen LogP contribution in [-0.4, -0.2) is 53.9 Å². The van der Waals surface area contributed by atoms with Gasteiger partial charge in [-0.05, 0) is 24.3 Å². The predicted molar refractivity (Wildman–Crippen MR) is 88.9 cm³/mol. The molecule has 0 bridgehead atoms. The third-order valence-corrected chi connectivity index (χ3v) is 3.89. The van der Waals surface area contributed by atoms with Crippen molar-refractivity contribution in [1.29, 1.82) is 0 Å². The molecule has 0 aliphatic rings. The van der Waals surface area contributed by atoms with E-state index in [0.29, 0.717) is 0 Å². The lowest BCUT2D eigenvalue weighted by molar-refractivity contribution is 0.0651. The number of carboxylic acids is 4. The first-order valence-electron chi connectivity index (χ1n) is 7.30. The molecule has 0 aliphatic carbocycles. The number of carboxylic acid groups (broad SMARTS) is 4. The van der Waals surface area contributed by atoms with Crippen LogP contribution in [0.3, 0.4) is 0 Å². The Bertz CT molecular complexity index is 1150. The van der Waals surface area contributed by atoms with E-state index in [4.69, 9.17) is 0 Å². The molecule has 0 saturated heterocycles. The van der Waals surface area contributed by atoms with Gasteiger partial charge in [-0.3, -0.25) is 4.57 Å². The highest BCUT2D eigenvalue weighted by Gasteiger charge is 2.24. The second-order valence-corrected chi connectivity index (χ2v) is 5.42. The number of aromatic nitrogens is 2. The molecule has 0 radical (unpaired) electrons. The maximum absolute atomic E-state index is 11.6. The van der Waals surface area contributed by atoms with Crippen LogP contribution in [0.2, 0.25) is 0 Å². The van der Waals surface area contributed by atoms with E-state index in [-0.39, 0.29) is 16.7 Å². The first-order chi connectivity index (χ1) is 12.7. The van der Waals surface area contributed by atoms with Crippen LogP contribution in [0.15, 0.2) is 36.7 Å². The van der Waals surface area contributed by atoms with Gasteiger partial charge in [0.2, 0.25) is 0 Å². The Labute approximate surface area is 149 Å². The number of benzene rings is 2. The number of aromatic carboxylic acids is 4. The molecule has 1 heterocycles. The van der Waals surface area contributed by atoms with Crippen molar-refractivity contribution in [2.75, 3.05) is 0 Å². The van der Waals surface area contributed by atoms with E-state index < -0.39 is 46.1 Å². The van der Waals surface area contributed by atoms with E-state index in [1.165, 1.54) is 16.7 Å². The number of hydrogen-bond acceptors (Lipinski definition) is 5. The normalized spacial score (nSPS) is 10.7. The zero-order valence-electron chi connectivity index (χ0n) is 13.3. The average Bonchev–Trinajstić information content (AvgIpc) is 3.02. The Morgan fingerprint density at radius 3 is 1.93 bits per heavy atom. The molecule has 136 valence electrons. The van der Waals surface area contributed by atoms with Gasteiger partial charge in [-0.25, -0.2) is 24.2 Å². The summed E-state index contributed by atoms with van der Waals surface area (Å²) in [6.45, 7) is 0. The fraction of sp³-hybridized carbons (Fsp3) is 0. The average molecular weight is 370 g/mol. The summed E-state index contributed by atoms with van der Waals surface area (Å²) >= 11 is 0. The zero-order chi connectivity index (χ0) is 19.9. The van der Waals surface area contributed by atoms with Crippen LogP contribution in [0.1, 0.15) is 41.4 Å². The minimum Gasteiger partial charge on any atom is -0.478 e. The second kappa shape index (κ2) is 6.26. The fourth-order valence-electron chi connectivity index (χ4n) is 2.75. The van der Waals surface area contributed by atoms with Gasteiger partial charge in [-0.1, -0.05) is 6.07 Å². The van der Waals surface area contributed by atoms with Gasteiger partial charge in [0.05, 0.1) is 39.0 Å². The lowest BCUT2D eigenvalue weighted by Gasteiger charge is -2.11. The molecule has 4 N–H and O–H groups in total. The van der Waals surface area contributed by atoms with Crippen molar-refractivity contribution in [2.24, 2.45) is 0 Å². The topological polar surface area (TPSA) is 167 Å². The number of rotatable bonds is 5. The number of imidazole rings is 1. The molecular formula is C17H10N2O8. The minimum atomic E-state index is -1.49. The molecule has 0 atom stereocenters. The highest BCUT2D eigenvalue weighted by molar-refractivity contribution is 6.07. The number of hydrogen-bond donors (Lipinski definition) is 4. The van der Waals surface area contributed by atoms with Gasteiger partial charge in [0, 0.05) is 0 Å². The van der Waals surface area contributed by atoms with Crippen LogP contribution < -0.4 is 0 Å². The van der Waals surface area contributed by atoms with E-state index >= 15 is 0 Å². The van der Waals surface area contributed by atoms with Gasteiger partial charge in [-0.15, -0.1) is 0 Å². The quantitative estimate of drug-likeness (QED) is 0.523. The van der Waals surface area contributed by atoms with Crippen LogP contribution in [0, 0.1) is 0 Å². The van der Waals surface area contributed by atoms with Crippen LogP contribution >= 0.6 is 0 Å². The van der Waals surface area contributed by atoms with Crippen molar-refractivity contribution in [3.63, 3.8) is 0 Å². The largest absolute Gasteiger partial charge is 0.478 e. The van der Waals surface area contributed by atoms with Crippen molar-refractivity contribution in [3.05, 3.63) is 58.9 Å². The molecule has 1 aromatic heterocycles. The van der Waals surface area contributed by atoms with Crippen molar-refractivity contribution < 1.29 is 39.6 Å². The Morgan fingerprint density at radius 2 is 1.37 bits per heavy atom. The van der Waals surface area contributed by atoms with Gasteiger partial charge in [-0.2, -0.15) is 0 Å². The van der Waals surface area contributed by atoms with E-state index in [9.17, 15) is 39.6 Å². The van der Waals surface area contributed by atoms with Crippen LogP contribution in [-0.2, 0) is 0 Å². The van der Waals surface area contributed by atoms with E-state index in [1.807, 2.05) is 0 Å². The Kier molecular flexibility index (Phi) is 4.08. The van der Waals surface area contributed by atoms with E-state index in [1.54, 1.807) is 0 Å². The Morgan fingerprint density at radius 1 is 0.778 bits per heavy atom. The summed E-state index contributed by atoms with van der Waals surface area (Å²) in [6, 6.07) is 5.90. The standard InChI is InChI=1S/C17H10N2O8/c20-14(21)7-2-1-3-11(13(7)17(26)27)19-6-18-10-4-8(15(22)23)9(16(24)25)5-12(10)19/h1-6H,(H,20,21)(H,22,23)(H,24,25)(H,26,27). The number of carbonyl (C=O) groups is 4. The van der Waals surface area contributed by atoms with Gasteiger partial charge in [0.1, 0.15) is 6.33 Å². The minimum absolute atomic E-state index is 0.0516. The summed E-state index contributed by atoms with van der Waals surface area (Å²) in [5.74, 6) is -5.88. The maximum atomic E-state index is 11.6. The van der Waals surface area contributed by atoms with Crippen LogP contribution in [0.5, 0.6) is 0 Å². The smallest absolute Gasteiger partial charge is 0.338 e. The van der Waals surface area contributed by atoms with Gasteiger partial charge in [0.15, 0.2) is 0 Å². The molecule has 0 saturated carbocycles. The lowest BCUT2D eigenvalue weighted by atomic mass is 10.0. The molecular weight excluding hydrogens is 360 g/mol.